The van der Waals surface area contributed by atoms with Gasteiger partial charge < -0.3 is 0 Å². The summed E-state index contributed by atoms with van der Waals surface area (Å²) in [7, 11) is 0. The molecule has 1 heterocycles. The van der Waals surface area contributed by atoms with Gasteiger partial charge in [0, 0.05) is 12.3 Å². The van der Waals surface area contributed by atoms with Crippen LogP contribution in [-0.4, -0.2) is 12.3 Å². The van der Waals surface area contributed by atoms with Crippen molar-refractivity contribution in [3.8, 4) is 6.07 Å². The van der Waals surface area contributed by atoms with Crippen LogP contribution in [0.2, 0.25) is 0 Å². The maximum Gasteiger partial charge on any atom is 0.0991 e. The van der Waals surface area contributed by atoms with Crippen LogP contribution in [0.15, 0.2) is 59.6 Å². The van der Waals surface area contributed by atoms with Gasteiger partial charge in [-0.2, -0.15) is 5.26 Å². The van der Waals surface area contributed by atoms with Gasteiger partial charge in [-0.1, -0.05) is 77.1 Å². The Morgan fingerprint density at radius 1 is 1.00 bits per heavy atom. The van der Waals surface area contributed by atoms with E-state index in [2.05, 4.69) is 89.2 Å². The Morgan fingerprint density at radius 3 is 2.53 bits per heavy atom. The third kappa shape index (κ3) is 4.45. The number of benzene rings is 3. The zero-order valence-electron chi connectivity index (χ0n) is 21.0. The molecule has 5 rings (SSSR count). The fourth-order valence-corrected chi connectivity index (χ4v) is 5.26. The van der Waals surface area contributed by atoms with Gasteiger partial charge in [0.05, 0.1) is 11.6 Å². The molecule has 0 aromatic heterocycles. The van der Waals surface area contributed by atoms with Crippen LogP contribution in [0.25, 0.3) is 16.8 Å². The molecule has 1 saturated carbocycles. The van der Waals surface area contributed by atoms with Gasteiger partial charge in [-0.3, -0.25) is 4.99 Å². The van der Waals surface area contributed by atoms with E-state index in [0.717, 1.165) is 18.4 Å². The normalized spacial score (nSPS) is 19.9. The molecule has 2 heteroatoms. The molecule has 0 spiro atoms. The second-order valence-electron chi connectivity index (χ2n) is 11.4. The van der Waals surface area contributed by atoms with Crippen molar-refractivity contribution in [1.29, 1.82) is 5.26 Å². The molecular weight excluding hydrogens is 412 g/mol. The lowest BCUT2D eigenvalue weighted by atomic mass is 9.88. The molecule has 1 aliphatic carbocycles. The summed E-state index contributed by atoms with van der Waals surface area (Å²) in [5.41, 5.74) is 8.99. The highest BCUT2D eigenvalue weighted by Gasteiger charge is 2.40. The van der Waals surface area contributed by atoms with Gasteiger partial charge >= 0.3 is 0 Å². The van der Waals surface area contributed by atoms with Gasteiger partial charge in [0.15, 0.2) is 0 Å². The molecule has 3 aromatic carbocycles. The minimum absolute atomic E-state index is 0.107. The van der Waals surface area contributed by atoms with Crippen LogP contribution in [0.5, 0.6) is 0 Å². The Bertz CT molecular complexity index is 1360. The molecule has 2 unspecified atom stereocenters. The van der Waals surface area contributed by atoms with Gasteiger partial charge in [-0.15, -0.1) is 0 Å². The number of hydrogen-bond donors (Lipinski definition) is 0. The van der Waals surface area contributed by atoms with Gasteiger partial charge in [0.1, 0.15) is 0 Å². The van der Waals surface area contributed by atoms with Crippen LogP contribution in [0, 0.1) is 22.7 Å². The van der Waals surface area contributed by atoms with Crippen molar-refractivity contribution in [2.75, 3.05) is 6.54 Å². The predicted octanol–water partition coefficient (Wildman–Crippen LogP) is 8.04. The summed E-state index contributed by atoms with van der Waals surface area (Å²) in [6, 6.07) is 20.2. The number of fused-ring (bicyclic) bond motifs is 2. The monoisotopic (exact) mass is 446 g/mol. The number of nitrogens with zero attached hydrogens (tertiary/aromatic N) is 2. The Hall–Kier alpha value is -3.18. The quantitative estimate of drug-likeness (QED) is 0.399. The molecule has 2 atom stereocenters. The summed E-state index contributed by atoms with van der Waals surface area (Å²) in [5, 5.41) is 11.8. The predicted molar refractivity (Wildman–Crippen MR) is 144 cm³/mol. The summed E-state index contributed by atoms with van der Waals surface area (Å²) in [6.07, 6.45) is 6.76. The van der Waals surface area contributed by atoms with Gasteiger partial charge in [0.2, 0.25) is 0 Å². The molecule has 0 radical (unpaired) electrons. The SMILES string of the molecule is CC(C)C1=NCCc2ccc(C3CC3c3cc(C=CC(C)(C)C)c4cc(C#N)ccc4c3)cc21. The van der Waals surface area contributed by atoms with Crippen LogP contribution >= 0.6 is 0 Å². The molecule has 0 saturated heterocycles. The molecule has 2 nitrogen and oxygen atoms in total. The molecule has 34 heavy (non-hydrogen) atoms. The van der Waals surface area contributed by atoms with Crippen molar-refractivity contribution >= 4 is 22.6 Å². The summed E-state index contributed by atoms with van der Waals surface area (Å²) in [5.74, 6) is 1.57. The topological polar surface area (TPSA) is 36.1 Å². The lowest BCUT2D eigenvalue weighted by Gasteiger charge is -2.20. The smallest absolute Gasteiger partial charge is 0.0991 e. The van der Waals surface area contributed by atoms with Crippen molar-refractivity contribution in [2.45, 2.75) is 59.3 Å². The van der Waals surface area contributed by atoms with Gasteiger partial charge in [-0.05, 0) is 92.8 Å². The Kier molecular flexibility index (Phi) is 5.68. The minimum Gasteiger partial charge on any atom is -0.289 e. The Morgan fingerprint density at radius 2 is 1.79 bits per heavy atom. The average Bonchev–Trinajstić information content (AvgIpc) is 3.61. The molecule has 0 bridgehead atoms. The van der Waals surface area contributed by atoms with Crippen molar-refractivity contribution in [3.05, 3.63) is 88.0 Å². The summed E-state index contributed by atoms with van der Waals surface area (Å²) < 4.78 is 0. The number of hydrogen-bond acceptors (Lipinski definition) is 2. The van der Waals surface area contributed by atoms with Crippen LogP contribution in [0.4, 0.5) is 0 Å². The molecule has 0 N–H and O–H groups in total. The van der Waals surface area contributed by atoms with Crippen molar-refractivity contribution in [3.63, 3.8) is 0 Å². The zero-order chi connectivity index (χ0) is 24.0. The first kappa shape index (κ1) is 22.6. The van der Waals surface area contributed by atoms with Crippen LogP contribution in [0.1, 0.15) is 86.3 Å². The van der Waals surface area contributed by atoms with Crippen molar-refractivity contribution in [2.24, 2.45) is 16.3 Å². The van der Waals surface area contributed by atoms with E-state index in [-0.39, 0.29) is 5.41 Å². The summed E-state index contributed by atoms with van der Waals surface area (Å²) >= 11 is 0. The van der Waals surface area contributed by atoms with Crippen LogP contribution in [0.3, 0.4) is 0 Å². The maximum absolute atomic E-state index is 9.42. The highest BCUT2D eigenvalue weighted by Crippen LogP contribution is 2.55. The first-order valence-electron chi connectivity index (χ1n) is 12.6. The average molecular weight is 447 g/mol. The number of allylic oxidation sites excluding steroid dienone is 1. The number of rotatable bonds is 4. The molecule has 1 fully saturated rings. The van der Waals surface area contributed by atoms with Gasteiger partial charge in [0.25, 0.3) is 0 Å². The van der Waals surface area contributed by atoms with Crippen LogP contribution < -0.4 is 0 Å². The Balaban J connectivity index is 1.51. The molecule has 1 aliphatic heterocycles. The standard InChI is InChI=1S/C32H34N2/c1-20(2)31-30-17-24(9-8-22(30)11-13-34-31)28-18-29(28)26-15-23-7-6-21(19-33)14-27(23)25(16-26)10-12-32(3,4)5/h6-10,12,14-17,20,28-29H,11,13,18H2,1-5H3. The first-order chi connectivity index (χ1) is 16.2. The molecule has 3 aromatic rings. The molecule has 172 valence electrons. The largest absolute Gasteiger partial charge is 0.289 e. The first-order valence-corrected chi connectivity index (χ1v) is 12.6. The van der Waals surface area contributed by atoms with Crippen LogP contribution in [-0.2, 0) is 6.42 Å². The second kappa shape index (κ2) is 8.55. The van der Waals surface area contributed by atoms with E-state index in [0.29, 0.717) is 23.3 Å². The van der Waals surface area contributed by atoms with E-state index in [4.69, 9.17) is 4.99 Å². The van der Waals surface area contributed by atoms with E-state index in [1.807, 2.05) is 12.1 Å². The third-order valence-corrected chi connectivity index (χ3v) is 7.17. The molecule has 0 amide bonds. The van der Waals surface area contributed by atoms with E-state index >= 15 is 0 Å². The number of nitriles is 1. The highest BCUT2D eigenvalue weighted by molar-refractivity contribution is 6.04. The fraction of sp³-hybridized carbons (Fsp3) is 0.375. The van der Waals surface area contributed by atoms with Gasteiger partial charge in [-0.25, -0.2) is 0 Å². The van der Waals surface area contributed by atoms with E-state index < -0.39 is 0 Å². The molecular formula is C32H34N2. The fourth-order valence-electron chi connectivity index (χ4n) is 5.26. The van der Waals surface area contributed by atoms with E-state index in [1.165, 1.54) is 45.3 Å². The maximum atomic E-state index is 9.42. The van der Waals surface area contributed by atoms with Crippen molar-refractivity contribution < 1.29 is 0 Å². The lowest BCUT2D eigenvalue weighted by Crippen LogP contribution is -2.18. The minimum atomic E-state index is 0.107. The van der Waals surface area contributed by atoms with Crippen molar-refractivity contribution in [1.82, 2.24) is 0 Å². The second-order valence-corrected chi connectivity index (χ2v) is 11.4. The van der Waals surface area contributed by atoms with E-state index in [9.17, 15) is 5.26 Å². The zero-order valence-corrected chi connectivity index (χ0v) is 21.0. The van der Waals surface area contributed by atoms with E-state index in [1.54, 1.807) is 0 Å². The highest BCUT2D eigenvalue weighted by atomic mass is 14.8. The molecule has 2 aliphatic rings. The summed E-state index contributed by atoms with van der Waals surface area (Å²) in [4.78, 5) is 4.85. The summed E-state index contributed by atoms with van der Waals surface area (Å²) in [6.45, 7) is 12.1. The lowest BCUT2D eigenvalue weighted by molar-refractivity contribution is 0.547. The third-order valence-electron chi connectivity index (χ3n) is 7.17. The Labute approximate surface area is 204 Å². The number of aliphatic imine (C=N–C) groups is 1.